The molecule has 3 heterocycles. The number of halogens is 3. The van der Waals surface area contributed by atoms with Gasteiger partial charge in [-0.3, -0.25) is 0 Å². The molecule has 3 N–H and O–H groups in total. The van der Waals surface area contributed by atoms with Gasteiger partial charge in [0.1, 0.15) is 6.10 Å². The average molecular weight is 595 g/mol. The van der Waals surface area contributed by atoms with E-state index in [1.54, 1.807) is 18.2 Å². The van der Waals surface area contributed by atoms with Gasteiger partial charge in [0.2, 0.25) is 6.23 Å². The minimum absolute atomic E-state index is 0.0973. The Morgan fingerprint density at radius 1 is 1.18 bits per heavy atom. The maximum absolute atomic E-state index is 14.9. The Kier molecular flexibility index (Phi) is 6.84. The third-order valence-corrected chi connectivity index (χ3v) is 8.30. The number of alkyl halides is 2. The van der Waals surface area contributed by atoms with Gasteiger partial charge < -0.3 is 14.9 Å². The van der Waals surface area contributed by atoms with Gasteiger partial charge in [-0.25, -0.2) is 0 Å². The number of nitrogens with one attached hydrogen (secondary N) is 1. The van der Waals surface area contributed by atoms with Crippen LogP contribution in [0, 0.1) is 5.82 Å². The second kappa shape index (κ2) is 9.97. The molecule has 10 nitrogen and oxygen atoms in total. The Morgan fingerprint density at radius 2 is 1.95 bits per heavy atom. The molecule has 2 aromatic carbocycles. The molecule has 1 aliphatic rings. The number of anilines is 1. The van der Waals surface area contributed by atoms with Gasteiger partial charge in [-0.05, 0) is 0 Å². The normalized spacial score (nSPS) is 20.6. The summed E-state index contributed by atoms with van der Waals surface area (Å²) in [4.78, 5) is 41.0. The van der Waals surface area contributed by atoms with Crippen molar-refractivity contribution in [2.24, 2.45) is 0 Å². The topological polar surface area (TPSA) is 136 Å². The summed E-state index contributed by atoms with van der Waals surface area (Å²) in [5.74, 6) is -5.45. The van der Waals surface area contributed by atoms with Crippen molar-refractivity contribution < 1.29 is 32.9 Å². The summed E-state index contributed by atoms with van der Waals surface area (Å²) in [7, 11) is 0. The summed E-state index contributed by atoms with van der Waals surface area (Å²) in [5, 5.41) is 21.6. The number of benzene rings is 2. The fraction of sp³-hybridized carbons (Fsp3) is 0.250. The summed E-state index contributed by atoms with van der Waals surface area (Å²) in [6.07, 6.45) is -5.49. The third kappa shape index (κ3) is 4.61. The SMILES string of the molecule is O=C(Cc1ccc(-n2[se]c3ccccc3c2=O)c(F)c1)Nc1ccn([C@H]2O[C@@H](CO)[C@H](O)C2(F)F)c(=O)n1. The van der Waals surface area contributed by atoms with Gasteiger partial charge in [-0.2, -0.15) is 8.78 Å². The Balaban J connectivity index is 1.29. The molecule has 3 atom stereocenters. The zero-order valence-electron chi connectivity index (χ0n) is 19.3. The molecular formula is C24H19F3N4O6Se. The number of hydrogen-bond acceptors (Lipinski definition) is 7. The molecule has 5 rings (SSSR count). The van der Waals surface area contributed by atoms with Crippen LogP contribution in [-0.4, -0.2) is 68.7 Å². The fourth-order valence-electron chi connectivity index (χ4n) is 4.11. The van der Waals surface area contributed by atoms with E-state index in [1.165, 1.54) is 15.7 Å². The number of rotatable bonds is 6. The van der Waals surface area contributed by atoms with Crippen molar-refractivity contribution in [3.8, 4) is 5.69 Å². The number of amides is 1. The van der Waals surface area contributed by atoms with Crippen LogP contribution in [0.15, 0.2) is 64.3 Å². The average Bonchev–Trinajstić information content (AvgIpc) is 3.32. The van der Waals surface area contributed by atoms with E-state index in [2.05, 4.69) is 10.3 Å². The number of fused-ring (bicyclic) bond motifs is 1. The fourth-order valence-corrected chi connectivity index (χ4v) is 6.24. The summed E-state index contributed by atoms with van der Waals surface area (Å²) in [6.45, 7) is -0.881. The molecular weight excluding hydrogens is 576 g/mol. The zero-order valence-corrected chi connectivity index (χ0v) is 21.0. The van der Waals surface area contributed by atoms with E-state index in [1.807, 2.05) is 6.07 Å². The van der Waals surface area contributed by atoms with E-state index < -0.39 is 63.1 Å². The molecule has 2 aromatic heterocycles. The molecule has 0 unspecified atom stereocenters. The van der Waals surface area contributed by atoms with Crippen LogP contribution in [0.1, 0.15) is 11.8 Å². The molecule has 38 heavy (non-hydrogen) atoms. The first-order valence-electron chi connectivity index (χ1n) is 11.2. The summed E-state index contributed by atoms with van der Waals surface area (Å²) in [5.41, 5.74) is -1.10. The number of carbonyl (C=O) groups is 1. The van der Waals surface area contributed by atoms with E-state index in [4.69, 9.17) is 9.84 Å². The zero-order chi connectivity index (χ0) is 27.2. The first-order chi connectivity index (χ1) is 18.1. The standard InChI is InChI=1S/C24H19F3N4O6Se/c25-14-9-12(5-6-15(14)31-21(35)13-3-1-2-4-17(13)38-31)10-19(33)28-18-7-8-30(23(36)29-18)22-24(26,27)20(34)16(11-32)37-22/h1-9,16,20,22,32,34H,10-11H2,(H,28,29,33,36)/t16-,20-,22-/m0/s1. The third-order valence-electron chi connectivity index (χ3n) is 6.00. The van der Waals surface area contributed by atoms with Crippen LogP contribution in [0.5, 0.6) is 0 Å². The van der Waals surface area contributed by atoms with Gasteiger partial charge in [0.25, 0.3) is 0 Å². The quantitative estimate of drug-likeness (QED) is 0.281. The van der Waals surface area contributed by atoms with Crippen LogP contribution < -0.4 is 16.6 Å². The van der Waals surface area contributed by atoms with Crippen molar-refractivity contribution in [1.82, 2.24) is 13.1 Å². The Labute approximate surface area is 217 Å². The molecule has 0 aliphatic carbocycles. The van der Waals surface area contributed by atoms with Gasteiger partial charge in [0.15, 0.2) is 6.10 Å². The molecule has 0 spiro atoms. The van der Waals surface area contributed by atoms with E-state index >= 15 is 0 Å². The van der Waals surface area contributed by atoms with E-state index in [0.29, 0.717) is 9.95 Å². The number of nitrogens with zero attached hydrogens (tertiary/aromatic N) is 3. The summed E-state index contributed by atoms with van der Waals surface area (Å²) in [6, 6.07) is 12.2. The number of ether oxygens (including phenoxy) is 1. The monoisotopic (exact) mass is 596 g/mol. The predicted octanol–water partition coefficient (Wildman–Crippen LogP) is 0.811. The molecule has 4 aromatic rings. The van der Waals surface area contributed by atoms with Gasteiger partial charge >= 0.3 is 169 Å². The van der Waals surface area contributed by atoms with E-state index in [-0.39, 0.29) is 29.0 Å². The van der Waals surface area contributed by atoms with Crippen molar-refractivity contribution >= 4 is 36.1 Å². The Bertz CT molecular complexity index is 1650. The number of aliphatic hydroxyl groups is 2. The van der Waals surface area contributed by atoms with Gasteiger partial charge in [0.05, 0.1) is 6.61 Å². The van der Waals surface area contributed by atoms with Gasteiger partial charge in [-0.15, -0.1) is 0 Å². The van der Waals surface area contributed by atoms with Crippen molar-refractivity contribution in [1.29, 1.82) is 0 Å². The predicted molar refractivity (Wildman–Crippen MR) is 129 cm³/mol. The maximum atomic E-state index is 14.9. The molecule has 0 saturated carbocycles. The summed E-state index contributed by atoms with van der Waals surface area (Å²) < 4.78 is 51.1. The Morgan fingerprint density at radius 3 is 2.61 bits per heavy atom. The number of aromatic nitrogens is 3. The molecule has 198 valence electrons. The molecule has 14 heteroatoms. The second-order valence-corrected chi connectivity index (χ2v) is 10.6. The first-order valence-corrected chi connectivity index (χ1v) is 12.8. The van der Waals surface area contributed by atoms with Crippen LogP contribution >= 0.6 is 0 Å². The van der Waals surface area contributed by atoms with Crippen LogP contribution in [0.3, 0.4) is 0 Å². The van der Waals surface area contributed by atoms with E-state index in [9.17, 15) is 32.7 Å². The molecule has 1 aliphatic heterocycles. The second-order valence-electron chi connectivity index (χ2n) is 8.53. The van der Waals surface area contributed by atoms with Crippen LogP contribution in [0.2, 0.25) is 0 Å². The van der Waals surface area contributed by atoms with Gasteiger partial charge in [-0.1, -0.05) is 0 Å². The molecule has 1 saturated heterocycles. The Hall–Kier alpha value is -3.55. The van der Waals surface area contributed by atoms with Crippen molar-refractivity contribution in [3.05, 3.63) is 86.9 Å². The van der Waals surface area contributed by atoms with Crippen LogP contribution in [0.25, 0.3) is 15.3 Å². The minimum atomic E-state index is -3.87. The molecule has 0 bridgehead atoms. The molecule has 0 radical (unpaired) electrons. The van der Waals surface area contributed by atoms with Crippen molar-refractivity contribution in [3.63, 3.8) is 0 Å². The van der Waals surface area contributed by atoms with Crippen molar-refractivity contribution in [2.45, 2.75) is 30.8 Å². The van der Waals surface area contributed by atoms with E-state index in [0.717, 1.165) is 22.6 Å². The number of aliphatic hydroxyl groups excluding tert-OH is 2. The van der Waals surface area contributed by atoms with Crippen molar-refractivity contribution in [2.75, 3.05) is 11.9 Å². The van der Waals surface area contributed by atoms with Crippen LogP contribution in [-0.2, 0) is 16.0 Å². The molecule has 1 fully saturated rings. The van der Waals surface area contributed by atoms with Crippen LogP contribution in [0.4, 0.5) is 19.0 Å². The summed E-state index contributed by atoms with van der Waals surface area (Å²) >= 11 is -0.427. The number of carbonyl (C=O) groups excluding carboxylic acids is 1. The number of hydrogen-bond donors (Lipinski definition) is 3. The molecule has 1 amide bonds. The first kappa shape index (κ1) is 26.1. The van der Waals surface area contributed by atoms with Gasteiger partial charge in [0, 0.05) is 0 Å².